The maximum atomic E-state index is 12.6. The van der Waals surface area contributed by atoms with Crippen molar-refractivity contribution >= 4 is 21.6 Å². The molecule has 0 heterocycles. The minimum atomic E-state index is -3.56. The number of carbonyl (C=O) groups is 1. The molecule has 0 unspecified atom stereocenters. The first-order valence-corrected chi connectivity index (χ1v) is 10.6. The van der Waals surface area contributed by atoms with Gasteiger partial charge in [0.1, 0.15) is 6.54 Å². The highest BCUT2D eigenvalue weighted by Crippen LogP contribution is 2.29. The van der Waals surface area contributed by atoms with Crippen molar-refractivity contribution in [2.75, 3.05) is 17.1 Å². The number of para-hydroxylation sites is 1. The van der Waals surface area contributed by atoms with E-state index in [-0.39, 0.29) is 18.5 Å². The van der Waals surface area contributed by atoms with E-state index in [9.17, 15) is 13.2 Å². The number of anilines is 1. The Hall–Kier alpha value is -2.34. The molecule has 6 heteroatoms. The Morgan fingerprint density at radius 3 is 2.58 bits per heavy atom. The van der Waals surface area contributed by atoms with Crippen LogP contribution >= 0.6 is 0 Å². The Morgan fingerprint density at radius 2 is 1.85 bits per heavy atom. The fourth-order valence-corrected chi connectivity index (χ4v) is 4.41. The third-order valence-corrected chi connectivity index (χ3v) is 5.90. The molecule has 138 valence electrons. The van der Waals surface area contributed by atoms with Crippen LogP contribution in [-0.2, 0) is 21.2 Å². The lowest BCUT2D eigenvalue weighted by Gasteiger charge is -2.28. The van der Waals surface area contributed by atoms with Crippen LogP contribution in [-0.4, -0.2) is 27.1 Å². The molecule has 0 bridgehead atoms. The first-order valence-electron chi connectivity index (χ1n) is 8.77. The zero-order chi connectivity index (χ0) is 18.7. The molecule has 2 aromatic carbocycles. The summed E-state index contributed by atoms with van der Waals surface area (Å²) >= 11 is 0. The molecule has 2 aromatic rings. The van der Waals surface area contributed by atoms with Gasteiger partial charge in [0.05, 0.1) is 18.0 Å². The van der Waals surface area contributed by atoms with Crippen LogP contribution in [0.4, 0.5) is 5.69 Å². The SMILES string of the molecule is Cc1ccccc1N(CC(=O)N[C@H]1CCCc2ccccc21)S(C)(=O)=O. The molecule has 0 radical (unpaired) electrons. The molecule has 0 aromatic heterocycles. The number of nitrogens with one attached hydrogen (secondary N) is 1. The first-order chi connectivity index (χ1) is 12.4. The van der Waals surface area contributed by atoms with Crippen molar-refractivity contribution in [2.24, 2.45) is 0 Å². The first kappa shape index (κ1) is 18.5. The molecule has 1 amide bonds. The van der Waals surface area contributed by atoms with Crippen molar-refractivity contribution in [1.29, 1.82) is 0 Å². The van der Waals surface area contributed by atoms with E-state index in [1.54, 1.807) is 12.1 Å². The van der Waals surface area contributed by atoms with Crippen LogP contribution in [0.3, 0.4) is 0 Å². The van der Waals surface area contributed by atoms with E-state index in [1.807, 2.05) is 37.3 Å². The second-order valence-electron chi connectivity index (χ2n) is 6.77. The largest absolute Gasteiger partial charge is 0.348 e. The van der Waals surface area contributed by atoms with Gasteiger partial charge in [-0.15, -0.1) is 0 Å². The van der Waals surface area contributed by atoms with Gasteiger partial charge in [-0.2, -0.15) is 0 Å². The van der Waals surface area contributed by atoms with E-state index in [0.717, 1.165) is 36.6 Å². The fraction of sp³-hybridized carbons (Fsp3) is 0.350. The quantitative estimate of drug-likeness (QED) is 0.877. The van der Waals surface area contributed by atoms with Gasteiger partial charge in [-0.1, -0.05) is 42.5 Å². The van der Waals surface area contributed by atoms with Crippen LogP contribution in [0.5, 0.6) is 0 Å². The summed E-state index contributed by atoms with van der Waals surface area (Å²) in [5.74, 6) is -0.291. The van der Waals surface area contributed by atoms with Gasteiger partial charge in [0, 0.05) is 0 Å². The van der Waals surface area contributed by atoms with Crippen LogP contribution in [0.1, 0.15) is 35.6 Å². The Kier molecular flexibility index (Phi) is 5.32. The monoisotopic (exact) mass is 372 g/mol. The van der Waals surface area contributed by atoms with Gasteiger partial charge >= 0.3 is 0 Å². The summed E-state index contributed by atoms with van der Waals surface area (Å²) in [6.45, 7) is 1.62. The Balaban J connectivity index is 1.79. The van der Waals surface area contributed by atoms with Crippen molar-refractivity contribution in [3.05, 3.63) is 65.2 Å². The Bertz CT molecular complexity index is 909. The molecular weight excluding hydrogens is 348 g/mol. The van der Waals surface area contributed by atoms with Gasteiger partial charge in [-0.25, -0.2) is 8.42 Å². The predicted octanol–water partition coefficient (Wildman–Crippen LogP) is 2.95. The summed E-state index contributed by atoms with van der Waals surface area (Å²) in [4.78, 5) is 12.6. The standard InChI is InChI=1S/C20H24N2O3S/c1-15-8-3-6-13-19(15)22(26(2,24)25)14-20(23)21-18-12-7-10-16-9-4-5-11-17(16)18/h3-6,8-9,11,13,18H,7,10,12,14H2,1-2H3,(H,21,23)/t18-/m0/s1. The van der Waals surface area contributed by atoms with E-state index in [2.05, 4.69) is 11.4 Å². The highest BCUT2D eigenvalue weighted by Gasteiger charge is 2.25. The van der Waals surface area contributed by atoms with E-state index in [0.29, 0.717) is 5.69 Å². The molecule has 0 fully saturated rings. The van der Waals surface area contributed by atoms with E-state index < -0.39 is 10.0 Å². The van der Waals surface area contributed by atoms with Gasteiger partial charge in [0.2, 0.25) is 15.9 Å². The molecule has 1 aliphatic rings. The normalized spacial score (nSPS) is 16.6. The van der Waals surface area contributed by atoms with Crippen LogP contribution in [0.25, 0.3) is 0 Å². The van der Waals surface area contributed by atoms with Crippen LogP contribution in [0, 0.1) is 6.92 Å². The molecule has 0 saturated carbocycles. The lowest BCUT2D eigenvalue weighted by molar-refractivity contribution is -0.120. The number of aryl methyl sites for hydroxylation is 2. The number of amides is 1. The topological polar surface area (TPSA) is 66.5 Å². The van der Waals surface area contributed by atoms with E-state index >= 15 is 0 Å². The number of hydrogen-bond donors (Lipinski definition) is 1. The second kappa shape index (κ2) is 7.50. The van der Waals surface area contributed by atoms with Gasteiger partial charge in [0.25, 0.3) is 0 Å². The molecule has 0 saturated heterocycles. The number of nitrogens with zero attached hydrogens (tertiary/aromatic N) is 1. The number of rotatable bonds is 5. The van der Waals surface area contributed by atoms with Gasteiger partial charge in [-0.05, 0) is 48.9 Å². The second-order valence-corrected chi connectivity index (χ2v) is 8.67. The molecule has 1 aliphatic carbocycles. The summed E-state index contributed by atoms with van der Waals surface area (Å²) in [6, 6.07) is 15.2. The summed E-state index contributed by atoms with van der Waals surface area (Å²) < 4.78 is 25.7. The highest BCUT2D eigenvalue weighted by atomic mass is 32.2. The van der Waals surface area contributed by atoms with Crippen molar-refractivity contribution in [2.45, 2.75) is 32.2 Å². The average molecular weight is 372 g/mol. The van der Waals surface area contributed by atoms with Gasteiger partial charge < -0.3 is 5.32 Å². The summed E-state index contributed by atoms with van der Waals surface area (Å²) in [5.41, 5.74) is 3.74. The average Bonchev–Trinajstić information content (AvgIpc) is 2.60. The number of sulfonamides is 1. The third kappa shape index (κ3) is 4.07. The van der Waals surface area contributed by atoms with Crippen molar-refractivity contribution < 1.29 is 13.2 Å². The summed E-state index contributed by atoms with van der Waals surface area (Å²) in [7, 11) is -3.56. The molecule has 3 rings (SSSR count). The van der Waals surface area contributed by atoms with Gasteiger partial charge in [0.15, 0.2) is 0 Å². The Morgan fingerprint density at radius 1 is 1.15 bits per heavy atom. The molecule has 1 N–H and O–H groups in total. The van der Waals surface area contributed by atoms with Crippen molar-refractivity contribution in [3.63, 3.8) is 0 Å². The maximum absolute atomic E-state index is 12.6. The minimum Gasteiger partial charge on any atom is -0.348 e. The molecular formula is C20H24N2O3S. The lowest BCUT2D eigenvalue weighted by Crippen LogP contribution is -2.42. The third-order valence-electron chi connectivity index (χ3n) is 4.78. The summed E-state index contributed by atoms with van der Waals surface area (Å²) in [5, 5.41) is 3.02. The Labute approximate surface area is 155 Å². The van der Waals surface area contributed by atoms with Crippen molar-refractivity contribution in [3.8, 4) is 0 Å². The van der Waals surface area contributed by atoms with Crippen LogP contribution < -0.4 is 9.62 Å². The number of hydrogen-bond acceptors (Lipinski definition) is 3. The highest BCUT2D eigenvalue weighted by molar-refractivity contribution is 7.92. The molecule has 1 atom stereocenters. The van der Waals surface area contributed by atoms with E-state index in [4.69, 9.17) is 0 Å². The smallest absolute Gasteiger partial charge is 0.241 e. The van der Waals surface area contributed by atoms with Crippen LogP contribution in [0.15, 0.2) is 48.5 Å². The zero-order valence-corrected chi connectivity index (χ0v) is 15.9. The fourth-order valence-electron chi connectivity index (χ4n) is 3.50. The van der Waals surface area contributed by atoms with Gasteiger partial charge in [-0.3, -0.25) is 9.10 Å². The number of benzene rings is 2. The molecule has 5 nitrogen and oxygen atoms in total. The predicted molar refractivity (Wildman–Crippen MR) is 104 cm³/mol. The molecule has 0 aliphatic heterocycles. The minimum absolute atomic E-state index is 0.0641. The van der Waals surface area contributed by atoms with Crippen molar-refractivity contribution in [1.82, 2.24) is 5.32 Å². The maximum Gasteiger partial charge on any atom is 0.241 e. The van der Waals surface area contributed by atoms with Crippen LogP contribution in [0.2, 0.25) is 0 Å². The molecule has 0 spiro atoms. The van der Waals surface area contributed by atoms with E-state index in [1.165, 1.54) is 9.87 Å². The molecule has 26 heavy (non-hydrogen) atoms. The lowest BCUT2D eigenvalue weighted by atomic mass is 9.88. The zero-order valence-electron chi connectivity index (χ0n) is 15.1. The number of carbonyl (C=O) groups excluding carboxylic acids is 1. The summed E-state index contributed by atoms with van der Waals surface area (Å²) in [6.07, 6.45) is 4.02. The number of fused-ring (bicyclic) bond motifs is 1.